The summed E-state index contributed by atoms with van der Waals surface area (Å²) in [4.78, 5) is 0. The SMILES string of the molecule is CC1=C(CCC2=C(C)CC[C@H]3C(C)(C)CCC[C@]23C)[C@@]2(C)CCCC(C)(C)[C@H]2CC1. The highest BCUT2D eigenvalue weighted by atomic mass is 14.6. The van der Waals surface area contributed by atoms with Gasteiger partial charge in [-0.1, -0.05) is 76.7 Å². The summed E-state index contributed by atoms with van der Waals surface area (Å²) in [5.41, 5.74) is 9.23. The maximum Gasteiger partial charge on any atom is -0.00803 e. The average molecular weight is 411 g/mol. The molecule has 0 spiro atoms. The van der Waals surface area contributed by atoms with Crippen molar-refractivity contribution in [3.8, 4) is 0 Å². The fourth-order valence-corrected chi connectivity index (χ4v) is 9.63. The number of allylic oxidation sites excluding steroid dienone is 4. The van der Waals surface area contributed by atoms with E-state index in [1.807, 2.05) is 11.1 Å². The number of rotatable bonds is 3. The Morgan fingerprint density at radius 1 is 0.600 bits per heavy atom. The molecule has 30 heavy (non-hydrogen) atoms. The summed E-state index contributed by atoms with van der Waals surface area (Å²) < 4.78 is 0. The van der Waals surface area contributed by atoms with E-state index >= 15 is 0 Å². The first-order valence-corrected chi connectivity index (χ1v) is 13.3. The van der Waals surface area contributed by atoms with Crippen LogP contribution in [0.4, 0.5) is 0 Å². The summed E-state index contributed by atoms with van der Waals surface area (Å²) in [5, 5.41) is 0. The maximum absolute atomic E-state index is 2.66. The molecule has 0 heteroatoms. The molecule has 0 saturated heterocycles. The molecule has 2 saturated carbocycles. The lowest BCUT2D eigenvalue weighted by Gasteiger charge is -2.56. The Balaban J connectivity index is 1.62. The van der Waals surface area contributed by atoms with Crippen molar-refractivity contribution in [3.05, 3.63) is 22.3 Å². The van der Waals surface area contributed by atoms with Crippen molar-refractivity contribution in [1.82, 2.24) is 0 Å². The Morgan fingerprint density at radius 3 is 1.33 bits per heavy atom. The van der Waals surface area contributed by atoms with Gasteiger partial charge in [0.15, 0.2) is 0 Å². The predicted molar refractivity (Wildman–Crippen MR) is 132 cm³/mol. The van der Waals surface area contributed by atoms with Gasteiger partial charge in [-0.15, -0.1) is 0 Å². The molecule has 4 aliphatic carbocycles. The zero-order valence-electron chi connectivity index (χ0n) is 21.6. The van der Waals surface area contributed by atoms with Crippen LogP contribution in [0.3, 0.4) is 0 Å². The Hall–Kier alpha value is -0.520. The topological polar surface area (TPSA) is 0 Å². The van der Waals surface area contributed by atoms with E-state index in [1.54, 1.807) is 11.1 Å². The van der Waals surface area contributed by atoms with Gasteiger partial charge in [-0.3, -0.25) is 0 Å². The van der Waals surface area contributed by atoms with Crippen molar-refractivity contribution < 1.29 is 0 Å². The van der Waals surface area contributed by atoms with Gasteiger partial charge in [-0.25, -0.2) is 0 Å². The zero-order chi connectivity index (χ0) is 21.9. The molecule has 0 heterocycles. The standard InChI is InChI=1S/C30H50/c1-21-11-15-25-27(3,4)17-9-19-29(25,7)23(21)13-14-24-22(2)12-16-26-28(5,6)18-10-20-30(24,26)8/h25-26H,9-20H2,1-8H3/t25-,26+,29-,30-/m1/s1. The molecule has 0 bridgehead atoms. The van der Waals surface area contributed by atoms with Crippen molar-refractivity contribution >= 4 is 0 Å². The van der Waals surface area contributed by atoms with Gasteiger partial charge in [-0.2, -0.15) is 0 Å². The van der Waals surface area contributed by atoms with Crippen molar-refractivity contribution in [2.45, 2.75) is 132 Å². The van der Waals surface area contributed by atoms with E-state index in [1.165, 1.54) is 77.0 Å². The molecule has 0 N–H and O–H groups in total. The Bertz CT molecular complexity index is 680. The molecule has 0 radical (unpaired) electrons. The maximum atomic E-state index is 2.66. The van der Waals surface area contributed by atoms with Crippen LogP contribution in [0.25, 0.3) is 0 Å². The van der Waals surface area contributed by atoms with Crippen molar-refractivity contribution in [1.29, 1.82) is 0 Å². The number of hydrogen-bond acceptors (Lipinski definition) is 0. The van der Waals surface area contributed by atoms with Gasteiger partial charge in [0.1, 0.15) is 0 Å². The Labute approximate surface area is 188 Å². The molecular weight excluding hydrogens is 360 g/mol. The molecule has 0 aromatic rings. The van der Waals surface area contributed by atoms with E-state index < -0.39 is 0 Å². The van der Waals surface area contributed by atoms with Crippen LogP contribution in [-0.4, -0.2) is 0 Å². The molecule has 4 aliphatic rings. The van der Waals surface area contributed by atoms with E-state index in [4.69, 9.17) is 0 Å². The third-order valence-corrected chi connectivity index (χ3v) is 11.1. The van der Waals surface area contributed by atoms with Crippen molar-refractivity contribution in [3.63, 3.8) is 0 Å². The Morgan fingerprint density at radius 2 is 0.967 bits per heavy atom. The van der Waals surface area contributed by atoms with E-state index in [9.17, 15) is 0 Å². The van der Waals surface area contributed by atoms with Crippen LogP contribution in [0.2, 0.25) is 0 Å². The van der Waals surface area contributed by atoms with Gasteiger partial charge >= 0.3 is 0 Å². The van der Waals surface area contributed by atoms with Gasteiger partial charge in [0.2, 0.25) is 0 Å². The quantitative estimate of drug-likeness (QED) is 0.406. The summed E-state index contributed by atoms with van der Waals surface area (Å²) in [6.07, 6.45) is 16.8. The van der Waals surface area contributed by atoms with Gasteiger partial charge in [0.05, 0.1) is 0 Å². The molecule has 170 valence electrons. The fourth-order valence-electron chi connectivity index (χ4n) is 9.63. The second kappa shape index (κ2) is 7.52. The monoisotopic (exact) mass is 410 g/mol. The first-order valence-electron chi connectivity index (χ1n) is 13.3. The lowest BCUT2D eigenvalue weighted by Crippen LogP contribution is -2.46. The first kappa shape index (κ1) is 22.7. The molecule has 4 rings (SSSR count). The fraction of sp³-hybridized carbons (Fsp3) is 0.867. The zero-order valence-corrected chi connectivity index (χ0v) is 21.6. The largest absolute Gasteiger partial charge is 0.0735 e. The Kier molecular flexibility index (Phi) is 5.68. The van der Waals surface area contributed by atoms with E-state index in [2.05, 4.69) is 55.4 Å². The minimum Gasteiger partial charge on any atom is -0.0735 e. The third kappa shape index (κ3) is 3.47. The summed E-state index contributed by atoms with van der Waals surface area (Å²) >= 11 is 0. The summed E-state index contributed by atoms with van der Waals surface area (Å²) in [6.45, 7) is 20.5. The van der Waals surface area contributed by atoms with Gasteiger partial charge in [0.25, 0.3) is 0 Å². The molecule has 4 atom stereocenters. The van der Waals surface area contributed by atoms with Gasteiger partial charge in [0, 0.05) is 0 Å². The average Bonchev–Trinajstić information content (AvgIpc) is 2.61. The minimum atomic E-state index is 0.458. The summed E-state index contributed by atoms with van der Waals surface area (Å²) in [7, 11) is 0. The first-order chi connectivity index (χ1) is 13.9. The van der Waals surface area contributed by atoms with Crippen LogP contribution < -0.4 is 0 Å². The van der Waals surface area contributed by atoms with Crippen LogP contribution in [-0.2, 0) is 0 Å². The van der Waals surface area contributed by atoms with Crippen LogP contribution in [0.5, 0.6) is 0 Å². The third-order valence-electron chi connectivity index (χ3n) is 11.1. The molecule has 2 fully saturated rings. The molecule has 0 nitrogen and oxygen atoms in total. The second-order valence-corrected chi connectivity index (χ2v) is 13.7. The van der Waals surface area contributed by atoms with Crippen molar-refractivity contribution in [2.24, 2.45) is 33.5 Å². The molecule has 0 aromatic heterocycles. The molecular formula is C30H50. The summed E-state index contributed by atoms with van der Waals surface area (Å²) in [5.74, 6) is 1.77. The van der Waals surface area contributed by atoms with Crippen LogP contribution in [0.1, 0.15) is 132 Å². The van der Waals surface area contributed by atoms with Crippen LogP contribution in [0, 0.1) is 33.5 Å². The number of fused-ring (bicyclic) bond motifs is 2. The normalized spacial score (nSPS) is 40.8. The molecule has 0 aliphatic heterocycles. The number of hydrogen-bond donors (Lipinski definition) is 0. The smallest absolute Gasteiger partial charge is 0.00803 e. The highest BCUT2D eigenvalue weighted by Gasteiger charge is 2.52. The van der Waals surface area contributed by atoms with Gasteiger partial charge in [-0.05, 0) is 112 Å². The van der Waals surface area contributed by atoms with Crippen molar-refractivity contribution in [2.75, 3.05) is 0 Å². The lowest BCUT2D eigenvalue weighted by molar-refractivity contribution is 0.00526. The molecule has 0 aromatic carbocycles. The second-order valence-electron chi connectivity index (χ2n) is 13.7. The van der Waals surface area contributed by atoms with Gasteiger partial charge < -0.3 is 0 Å². The minimum absolute atomic E-state index is 0.458. The van der Waals surface area contributed by atoms with E-state index in [0.717, 1.165) is 11.8 Å². The highest BCUT2D eigenvalue weighted by molar-refractivity contribution is 5.32. The predicted octanol–water partition coefficient (Wildman–Crippen LogP) is 9.65. The lowest BCUT2D eigenvalue weighted by atomic mass is 9.48. The van der Waals surface area contributed by atoms with Crippen LogP contribution in [0.15, 0.2) is 22.3 Å². The van der Waals surface area contributed by atoms with E-state index in [0.29, 0.717) is 21.7 Å². The highest BCUT2D eigenvalue weighted by Crippen LogP contribution is 2.63. The van der Waals surface area contributed by atoms with Crippen LogP contribution >= 0.6 is 0 Å². The summed E-state index contributed by atoms with van der Waals surface area (Å²) in [6, 6.07) is 0. The van der Waals surface area contributed by atoms with E-state index in [-0.39, 0.29) is 0 Å². The molecule has 0 unspecified atom stereocenters. The molecule has 0 amide bonds.